The Kier molecular flexibility index (Phi) is 7.77. The molecule has 1 aliphatic rings. The van der Waals surface area contributed by atoms with Gasteiger partial charge in [0.05, 0.1) is 22.3 Å². The highest BCUT2D eigenvalue weighted by Crippen LogP contribution is 2.44. The van der Waals surface area contributed by atoms with Crippen molar-refractivity contribution in [1.29, 1.82) is 0 Å². The molecule has 1 aliphatic carbocycles. The molecule has 4 aromatic rings. The minimum absolute atomic E-state index is 0.00682. The third kappa shape index (κ3) is 5.19. The predicted molar refractivity (Wildman–Crippen MR) is 166 cm³/mol. The first-order valence-electron chi connectivity index (χ1n) is 14.2. The zero-order chi connectivity index (χ0) is 32.0. The third-order valence-corrected chi connectivity index (χ3v) is 8.54. The van der Waals surface area contributed by atoms with Crippen LogP contribution >= 0.6 is 0 Å². The van der Waals surface area contributed by atoms with Crippen LogP contribution in [0.5, 0.6) is 34.5 Å². The van der Waals surface area contributed by atoms with E-state index in [9.17, 15) is 40.2 Å². The maximum Gasteiger partial charge on any atom is 0.200 e. The molecule has 0 radical (unpaired) electrons. The van der Waals surface area contributed by atoms with Crippen LogP contribution in [0.3, 0.4) is 0 Å². The van der Waals surface area contributed by atoms with Gasteiger partial charge in [-0.1, -0.05) is 13.8 Å². The number of aromatic hydroxyl groups is 6. The summed E-state index contributed by atoms with van der Waals surface area (Å²) in [6.07, 6.45) is 0. The summed E-state index contributed by atoms with van der Waals surface area (Å²) < 4.78 is 0. The number of hydrogen-bond donors (Lipinski definition) is 8. The summed E-state index contributed by atoms with van der Waals surface area (Å²) in [7, 11) is 0. The van der Waals surface area contributed by atoms with Gasteiger partial charge in [-0.3, -0.25) is 9.59 Å². The van der Waals surface area contributed by atoms with E-state index in [0.717, 1.165) is 12.1 Å². The molecule has 44 heavy (non-hydrogen) atoms. The van der Waals surface area contributed by atoms with Crippen LogP contribution in [-0.2, 0) is 0 Å². The summed E-state index contributed by atoms with van der Waals surface area (Å²) >= 11 is 0. The van der Waals surface area contributed by atoms with Crippen LogP contribution in [0.1, 0.15) is 82.5 Å². The van der Waals surface area contributed by atoms with Crippen molar-refractivity contribution in [2.24, 2.45) is 0 Å². The van der Waals surface area contributed by atoms with Crippen molar-refractivity contribution in [1.82, 2.24) is 0 Å². The molecule has 0 heterocycles. The molecule has 10 heteroatoms. The molecule has 228 valence electrons. The van der Waals surface area contributed by atoms with Gasteiger partial charge in [-0.15, -0.1) is 0 Å². The minimum atomic E-state index is -0.666. The van der Waals surface area contributed by atoms with E-state index in [4.69, 9.17) is 0 Å². The van der Waals surface area contributed by atoms with Gasteiger partial charge in [0.2, 0.25) is 11.6 Å². The first-order chi connectivity index (χ1) is 20.8. The van der Waals surface area contributed by atoms with E-state index in [0.29, 0.717) is 22.5 Å². The second kappa shape index (κ2) is 11.4. The van der Waals surface area contributed by atoms with Crippen LogP contribution in [0, 0.1) is 0 Å². The molecule has 0 aromatic heterocycles. The molecule has 8 N–H and O–H groups in total. The molecule has 4 unspecified atom stereocenters. The second-order valence-corrected chi connectivity index (χ2v) is 11.4. The van der Waals surface area contributed by atoms with Gasteiger partial charge >= 0.3 is 0 Å². The lowest BCUT2D eigenvalue weighted by atomic mass is 9.80. The fourth-order valence-electron chi connectivity index (χ4n) is 5.70. The number of phenols is 6. The van der Waals surface area contributed by atoms with Crippen LogP contribution in [0.4, 0.5) is 11.4 Å². The SMILES string of the molecule is CC(Nc1ccc(NC(C)C(C)c2cc(O)ccc2O)c2c1C(=O)c1c(O)ccc(O)c1C2=O)C(C)c1cc(O)ccc1O. The number of carbonyl (C=O) groups is 2. The quantitative estimate of drug-likeness (QED) is 0.100. The Morgan fingerprint density at radius 2 is 0.818 bits per heavy atom. The number of hydrogen-bond acceptors (Lipinski definition) is 10. The predicted octanol–water partition coefficient (Wildman–Crippen LogP) is 5.90. The smallest absolute Gasteiger partial charge is 0.200 e. The average Bonchev–Trinajstić information content (AvgIpc) is 2.99. The normalized spacial score (nSPS) is 15.1. The van der Waals surface area contributed by atoms with Crippen molar-refractivity contribution in [2.75, 3.05) is 10.6 Å². The molecular formula is C34H34N2O8. The van der Waals surface area contributed by atoms with Gasteiger partial charge in [-0.25, -0.2) is 0 Å². The van der Waals surface area contributed by atoms with Gasteiger partial charge in [0.15, 0.2) is 0 Å². The monoisotopic (exact) mass is 598 g/mol. The highest BCUT2D eigenvalue weighted by atomic mass is 16.3. The minimum Gasteiger partial charge on any atom is -0.508 e. The molecule has 5 rings (SSSR count). The lowest BCUT2D eigenvalue weighted by Gasteiger charge is -2.30. The van der Waals surface area contributed by atoms with E-state index in [1.54, 1.807) is 12.1 Å². The number of benzene rings is 4. The summed E-state index contributed by atoms with van der Waals surface area (Å²) in [6.45, 7) is 7.32. The number of rotatable bonds is 8. The Balaban J connectivity index is 1.59. The molecule has 10 nitrogen and oxygen atoms in total. The molecule has 0 bridgehead atoms. The number of carbonyl (C=O) groups excluding carboxylic acids is 2. The van der Waals surface area contributed by atoms with Crippen LogP contribution in [0.15, 0.2) is 60.7 Å². The van der Waals surface area contributed by atoms with E-state index >= 15 is 0 Å². The summed E-state index contributed by atoms with van der Waals surface area (Å²) in [5.41, 5.74) is 0.918. The van der Waals surface area contributed by atoms with E-state index in [1.807, 2.05) is 27.7 Å². The molecule has 0 spiro atoms. The number of anilines is 2. The van der Waals surface area contributed by atoms with Crippen LogP contribution in [0.2, 0.25) is 0 Å². The lowest BCUT2D eigenvalue weighted by molar-refractivity contribution is 0.0975. The summed E-state index contributed by atoms with van der Waals surface area (Å²) in [6, 6.07) is 13.2. The molecule has 0 saturated heterocycles. The molecule has 4 aromatic carbocycles. The fraction of sp³-hybridized carbons (Fsp3) is 0.235. The maximum atomic E-state index is 14.0. The zero-order valence-electron chi connectivity index (χ0n) is 24.6. The summed E-state index contributed by atoms with van der Waals surface area (Å²) in [5.74, 6) is -2.98. The highest BCUT2D eigenvalue weighted by molar-refractivity contribution is 6.33. The molecular weight excluding hydrogens is 564 g/mol. The van der Waals surface area contributed by atoms with Crippen LogP contribution in [0.25, 0.3) is 0 Å². The summed E-state index contributed by atoms with van der Waals surface area (Å²) in [4.78, 5) is 28.0. The van der Waals surface area contributed by atoms with Crippen molar-refractivity contribution in [2.45, 2.75) is 51.6 Å². The Labute approximate surface area is 253 Å². The Hall–Kier alpha value is -5.38. The van der Waals surface area contributed by atoms with Crippen molar-refractivity contribution in [3.8, 4) is 34.5 Å². The second-order valence-electron chi connectivity index (χ2n) is 11.4. The summed E-state index contributed by atoms with van der Waals surface area (Å²) in [5, 5.41) is 68.5. The Morgan fingerprint density at radius 3 is 1.18 bits per heavy atom. The standard InChI is InChI=1S/C34H34N2O8/c1-15(21-13-19(37)5-9-25(21)39)17(3)35-23-7-8-24(36-18(4)16(2)22-14-20(38)6-10-26(22)40)30-29(23)33(43)31-27(41)11-12-28(42)32(31)34(30)44/h5-18,35-42H,1-4H3. The Morgan fingerprint density at radius 1 is 0.477 bits per heavy atom. The van der Waals surface area contributed by atoms with E-state index in [-0.39, 0.29) is 57.1 Å². The van der Waals surface area contributed by atoms with Gasteiger partial charge in [0.25, 0.3) is 0 Å². The van der Waals surface area contributed by atoms with Crippen molar-refractivity contribution in [3.05, 3.63) is 94.0 Å². The molecule has 0 aliphatic heterocycles. The molecule has 4 atom stereocenters. The zero-order valence-corrected chi connectivity index (χ0v) is 24.6. The average molecular weight is 599 g/mol. The van der Waals surface area contributed by atoms with Gasteiger partial charge in [0, 0.05) is 46.4 Å². The van der Waals surface area contributed by atoms with E-state index < -0.39 is 35.1 Å². The van der Waals surface area contributed by atoms with Gasteiger partial charge < -0.3 is 41.3 Å². The Bertz CT molecular complexity index is 1670. The number of fused-ring (bicyclic) bond motifs is 2. The van der Waals surface area contributed by atoms with E-state index in [2.05, 4.69) is 10.6 Å². The fourth-order valence-corrected chi connectivity index (χ4v) is 5.70. The number of phenolic OH excluding ortho intramolecular Hbond substituents is 6. The molecule has 0 amide bonds. The van der Waals surface area contributed by atoms with Crippen LogP contribution in [-0.4, -0.2) is 54.3 Å². The first-order valence-corrected chi connectivity index (χ1v) is 14.2. The van der Waals surface area contributed by atoms with Crippen molar-refractivity contribution < 1.29 is 40.2 Å². The third-order valence-electron chi connectivity index (χ3n) is 8.54. The maximum absolute atomic E-state index is 14.0. The largest absolute Gasteiger partial charge is 0.508 e. The van der Waals surface area contributed by atoms with Gasteiger partial charge in [0.1, 0.15) is 34.5 Å². The first kappa shape index (κ1) is 30.1. The van der Waals surface area contributed by atoms with E-state index in [1.165, 1.54) is 36.4 Å². The molecule has 0 fully saturated rings. The van der Waals surface area contributed by atoms with Crippen LogP contribution < -0.4 is 10.6 Å². The number of ketones is 2. The van der Waals surface area contributed by atoms with Crippen molar-refractivity contribution in [3.63, 3.8) is 0 Å². The topological polar surface area (TPSA) is 180 Å². The number of nitrogens with one attached hydrogen (secondary N) is 2. The highest BCUT2D eigenvalue weighted by Gasteiger charge is 2.39. The van der Waals surface area contributed by atoms with Gasteiger partial charge in [-0.2, -0.15) is 0 Å². The van der Waals surface area contributed by atoms with Crippen molar-refractivity contribution >= 4 is 22.9 Å². The van der Waals surface area contributed by atoms with Gasteiger partial charge in [-0.05, 0) is 74.5 Å². The molecule has 0 saturated carbocycles. The lowest BCUT2D eigenvalue weighted by Crippen LogP contribution is -2.29.